The highest BCUT2D eigenvalue weighted by molar-refractivity contribution is 8.02. The number of nitrogens with zero attached hydrogens (tertiary/aromatic N) is 1. The number of hydrogen-bond acceptors (Lipinski definition) is 1. The standard InChI is InChI=1S/C49H39NP2.2BrH/c1-7-23-42(24-8-1)51(43-25-9-2-10-26-43,44-27-11-3-12-28-44)48-35-19-21-40(39-48)37-38-41-22-20-36-49(50-41)52(45-29-13-4-14-30-45,46-31-15-5-16-32-46)47-33-17-6-18-34-47;;/h1-39H;2*1H/q+2;;/p-2/b38-37-;;. The maximum Gasteiger partial charge on any atom is 0.198 e. The Kier molecular flexibility index (Phi) is 13.0. The molecule has 0 aliphatic carbocycles. The molecule has 264 valence electrons. The molecule has 54 heavy (non-hydrogen) atoms. The van der Waals surface area contributed by atoms with Gasteiger partial charge in [0, 0.05) is 6.07 Å². The monoisotopic (exact) mass is 861 g/mol. The minimum atomic E-state index is -2.30. The molecule has 0 fully saturated rings. The predicted octanol–water partition coefficient (Wildman–Crippen LogP) is 2.50. The van der Waals surface area contributed by atoms with Gasteiger partial charge in [0.1, 0.15) is 44.4 Å². The fraction of sp³-hybridized carbons (Fsp3) is 0. The Bertz CT molecular complexity index is 2030. The first kappa shape index (κ1) is 39.0. The Morgan fingerprint density at radius 2 is 0.630 bits per heavy atom. The van der Waals surface area contributed by atoms with Gasteiger partial charge in [-0.15, -0.1) is 0 Å². The van der Waals surface area contributed by atoms with Crippen molar-refractivity contribution in [1.29, 1.82) is 0 Å². The van der Waals surface area contributed by atoms with Gasteiger partial charge in [0.2, 0.25) is 0 Å². The van der Waals surface area contributed by atoms with Gasteiger partial charge in [0.25, 0.3) is 0 Å². The van der Waals surface area contributed by atoms with Gasteiger partial charge in [-0.3, -0.25) is 0 Å². The van der Waals surface area contributed by atoms with Crippen molar-refractivity contribution in [3.63, 3.8) is 0 Å². The van der Waals surface area contributed by atoms with Crippen molar-refractivity contribution in [3.05, 3.63) is 236 Å². The number of rotatable bonds is 10. The third kappa shape index (κ3) is 7.48. The molecule has 1 heterocycles. The molecule has 0 amide bonds. The zero-order chi connectivity index (χ0) is 35.1. The number of pyridine rings is 1. The summed E-state index contributed by atoms with van der Waals surface area (Å²) in [7, 11) is -4.51. The van der Waals surface area contributed by atoms with Crippen LogP contribution in [0.25, 0.3) is 12.2 Å². The van der Waals surface area contributed by atoms with Gasteiger partial charge in [0.05, 0.1) is 5.69 Å². The zero-order valence-electron chi connectivity index (χ0n) is 29.6. The van der Waals surface area contributed by atoms with Gasteiger partial charge in [-0.1, -0.05) is 133 Å². The average molecular weight is 864 g/mol. The molecular weight excluding hydrogens is 824 g/mol. The van der Waals surface area contributed by atoms with Crippen LogP contribution in [-0.4, -0.2) is 4.98 Å². The lowest BCUT2D eigenvalue weighted by Crippen LogP contribution is -3.00. The van der Waals surface area contributed by atoms with E-state index in [1.807, 2.05) is 0 Å². The third-order valence-electron chi connectivity index (χ3n) is 9.66. The normalized spacial score (nSPS) is 11.3. The van der Waals surface area contributed by atoms with Gasteiger partial charge in [-0.25, -0.2) is 4.98 Å². The SMILES string of the molecule is C(=C/c1cccc([P+](c2ccccc2)(c2ccccc2)c2ccccc2)n1)/c1cccc([P+](c2ccccc2)(c2ccccc2)c2ccccc2)c1.[Br-].[Br-]. The van der Waals surface area contributed by atoms with Gasteiger partial charge in [0.15, 0.2) is 12.7 Å². The summed E-state index contributed by atoms with van der Waals surface area (Å²) < 4.78 is 0. The molecule has 5 heteroatoms. The van der Waals surface area contributed by atoms with E-state index in [1.165, 1.54) is 37.1 Å². The Hall–Kier alpha value is -4.75. The fourth-order valence-corrected chi connectivity index (χ4v) is 15.8. The predicted molar refractivity (Wildman–Crippen MR) is 229 cm³/mol. The number of benzene rings is 7. The molecule has 0 aliphatic rings. The van der Waals surface area contributed by atoms with Crippen LogP contribution in [0.1, 0.15) is 11.3 Å². The first-order valence-electron chi connectivity index (χ1n) is 17.7. The van der Waals surface area contributed by atoms with E-state index in [0.717, 1.165) is 16.7 Å². The molecule has 7 aromatic carbocycles. The summed E-state index contributed by atoms with van der Waals surface area (Å²) in [5.74, 6) is 0. The van der Waals surface area contributed by atoms with Crippen LogP contribution in [0.4, 0.5) is 0 Å². The minimum Gasteiger partial charge on any atom is -1.00 e. The molecule has 1 aromatic heterocycles. The van der Waals surface area contributed by atoms with Crippen LogP contribution >= 0.6 is 14.5 Å². The topological polar surface area (TPSA) is 12.9 Å². The van der Waals surface area contributed by atoms with E-state index < -0.39 is 14.5 Å². The maximum absolute atomic E-state index is 5.47. The summed E-state index contributed by atoms with van der Waals surface area (Å²) in [6.07, 6.45) is 4.39. The summed E-state index contributed by atoms with van der Waals surface area (Å²) in [4.78, 5) is 5.47. The third-order valence-corrected chi connectivity index (χ3v) is 18.1. The van der Waals surface area contributed by atoms with Gasteiger partial charge >= 0.3 is 0 Å². The van der Waals surface area contributed by atoms with Crippen molar-refractivity contribution >= 4 is 69.2 Å². The molecule has 0 radical (unpaired) electrons. The highest BCUT2D eigenvalue weighted by Crippen LogP contribution is 2.55. The largest absolute Gasteiger partial charge is 1.00 e. The summed E-state index contributed by atoms with van der Waals surface area (Å²) in [6, 6.07) is 81.5. The molecule has 0 bridgehead atoms. The van der Waals surface area contributed by atoms with Crippen LogP contribution < -0.4 is 76.5 Å². The number of aromatic nitrogens is 1. The van der Waals surface area contributed by atoms with Crippen LogP contribution in [0.15, 0.2) is 224 Å². The van der Waals surface area contributed by atoms with Crippen molar-refractivity contribution < 1.29 is 34.0 Å². The molecule has 0 spiro atoms. The number of hydrogen-bond donors (Lipinski definition) is 0. The lowest BCUT2D eigenvalue weighted by Gasteiger charge is -2.27. The molecule has 8 aromatic rings. The molecule has 1 nitrogen and oxygen atoms in total. The van der Waals surface area contributed by atoms with Gasteiger partial charge in [-0.05, 0) is 103 Å². The Morgan fingerprint density at radius 3 is 1.02 bits per heavy atom. The lowest BCUT2D eigenvalue weighted by molar-refractivity contribution is -0.00100. The van der Waals surface area contributed by atoms with Gasteiger partial charge < -0.3 is 34.0 Å². The molecule has 0 saturated carbocycles. The summed E-state index contributed by atoms with van der Waals surface area (Å²) in [5.41, 5.74) is 3.17. The van der Waals surface area contributed by atoms with E-state index in [4.69, 9.17) is 4.98 Å². The van der Waals surface area contributed by atoms with E-state index in [2.05, 4.69) is 237 Å². The average Bonchev–Trinajstić information content (AvgIpc) is 3.23. The van der Waals surface area contributed by atoms with Crippen molar-refractivity contribution in [2.45, 2.75) is 0 Å². The summed E-state index contributed by atoms with van der Waals surface area (Å²) in [5, 5.41) is 9.20. The molecule has 0 unspecified atom stereocenters. The van der Waals surface area contributed by atoms with E-state index in [-0.39, 0.29) is 34.0 Å². The van der Waals surface area contributed by atoms with E-state index in [0.29, 0.717) is 0 Å². The van der Waals surface area contributed by atoms with Crippen LogP contribution in [0.3, 0.4) is 0 Å². The molecule has 0 atom stereocenters. The van der Waals surface area contributed by atoms with E-state index >= 15 is 0 Å². The first-order valence-corrected chi connectivity index (χ1v) is 21.3. The molecular formula is C49H39Br2NP2. The number of halogens is 2. The van der Waals surface area contributed by atoms with Crippen LogP contribution in [0.5, 0.6) is 0 Å². The lowest BCUT2D eigenvalue weighted by atomic mass is 10.2. The molecule has 0 aliphatic heterocycles. The Morgan fingerprint density at radius 1 is 0.296 bits per heavy atom. The van der Waals surface area contributed by atoms with Gasteiger partial charge in [-0.2, -0.15) is 0 Å². The molecule has 0 N–H and O–H groups in total. The van der Waals surface area contributed by atoms with E-state index in [9.17, 15) is 0 Å². The smallest absolute Gasteiger partial charge is 0.198 e. The quantitative estimate of drug-likeness (QED) is 0.193. The second-order valence-electron chi connectivity index (χ2n) is 12.7. The summed E-state index contributed by atoms with van der Waals surface area (Å²) >= 11 is 0. The second kappa shape index (κ2) is 18.1. The molecule has 8 rings (SSSR count). The Labute approximate surface area is 341 Å². The van der Waals surface area contributed by atoms with Crippen LogP contribution in [0, 0.1) is 0 Å². The van der Waals surface area contributed by atoms with Crippen molar-refractivity contribution in [2.24, 2.45) is 0 Å². The first-order chi connectivity index (χ1) is 25.8. The van der Waals surface area contributed by atoms with Crippen molar-refractivity contribution in [3.8, 4) is 0 Å². The Balaban J connectivity index is 0.00000249. The minimum absolute atomic E-state index is 0. The zero-order valence-corrected chi connectivity index (χ0v) is 34.6. The second-order valence-corrected chi connectivity index (χ2v) is 19.5. The van der Waals surface area contributed by atoms with E-state index in [1.54, 1.807) is 0 Å². The highest BCUT2D eigenvalue weighted by Gasteiger charge is 2.50. The maximum atomic E-state index is 5.47. The van der Waals surface area contributed by atoms with Crippen molar-refractivity contribution in [2.75, 3.05) is 0 Å². The highest BCUT2D eigenvalue weighted by atomic mass is 79.9. The van der Waals surface area contributed by atoms with Crippen LogP contribution in [0.2, 0.25) is 0 Å². The van der Waals surface area contributed by atoms with Crippen molar-refractivity contribution in [1.82, 2.24) is 4.98 Å². The molecule has 0 saturated heterocycles. The fourth-order valence-electron chi connectivity index (χ4n) is 7.39. The van der Waals surface area contributed by atoms with Crippen LogP contribution in [-0.2, 0) is 0 Å². The summed E-state index contributed by atoms with van der Waals surface area (Å²) in [6.45, 7) is 0.